The van der Waals surface area contributed by atoms with E-state index in [9.17, 15) is 4.79 Å². The van der Waals surface area contributed by atoms with Gasteiger partial charge < -0.3 is 9.73 Å². The molecule has 1 amide bonds. The molecule has 0 saturated carbocycles. The molecule has 0 radical (unpaired) electrons. The van der Waals surface area contributed by atoms with E-state index in [2.05, 4.69) is 15.5 Å². The van der Waals surface area contributed by atoms with Gasteiger partial charge in [0.15, 0.2) is 0 Å². The third-order valence-corrected chi connectivity index (χ3v) is 3.55. The Balaban J connectivity index is 1.83. The Morgan fingerprint density at radius 3 is 2.59 bits per heavy atom. The molecule has 6 nitrogen and oxygen atoms in total. The third kappa shape index (κ3) is 4.39. The van der Waals surface area contributed by atoms with E-state index >= 15 is 0 Å². The first-order chi connectivity index (χ1) is 10.6. The molecule has 0 aliphatic carbocycles. The monoisotopic (exact) mass is 302 g/mol. The van der Waals surface area contributed by atoms with Gasteiger partial charge in [-0.1, -0.05) is 37.3 Å². The minimum Gasteiger partial charge on any atom is -0.424 e. The molecule has 0 aliphatic rings. The molecule has 0 unspecified atom stereocenters. The smallest absolute Gasteiger partial charge is 0.237 e. The molecule has 1 N–H and O–H groups in total. The molecule has 0 saturated heterocycles. The second-order valence-corrected chi connectivity index (χ2v) is 5.24. The van der Waals surface area contributed by atoms with Crippen molar-refractivity contribution in [2.45, 2.75) is 39.4 Å². The number of rotatable bonds is 7. The normalized spacial score (nSPS) is 12.4. The number of aryl methyl sites for hydroxylation is 1. The van der Waals surface area contributed by atoms with Crippen LogP contribution in [0, 0.1) is 0 Å². The summed E-state index contributed by atoms with van der Waals surface area (Å²) in [5.41, 5.74) is 1.08. The molecule has 6 heteroatoms. The number of hydrogen-bond acceptors (Lipinski definition) is 5. The second kappa shape index (κ2) is 7.70. The molecule has 0 fully saturated rings. The van der Waals surface area contributed by atoms with E-state index in [0.29, 0.717) is 31.3 Å². The maximum Gasteiger partial charge on any atom is 0.237 e. The number of amides is 1. The van der Waals surface area contributed by atoms with Crippen LogP contribution in [0.3, 0.4) is 0 Å². The predicted octanol–water partition coefficient (Wildman–Crippen LogP) is 1.77. The van der Waals surface area contributed by atoms with Gasteiger partial charge in [-0.2, -0.15) is 0 Å². The van der Waals surface area contributed by atoms with E-state index in [1.807, 2.05) is 56.1 Å². The van der Waals surface area contributed by atoms with E-state index < -0.39 is 0 Å². The van der Waals surface area contributed by atoms with Crippen LogP contribution in [0.25, 0.3) is 0 Å². The number of aromatic nitrogens is 2. The Kier molecular flexibility index (Phi) is 5.66. The van der Waals surface area contributed by atoms with Gasteiger partial charge in [-0.3, -0.25) is 9.69 Å². The van der Waals surface area contributed by atoms with Crippen molar-refractivity contribution in [2.24, 2.45) is 0 Å². The van der Waals surface area contributed by atoms with Crippen LogP contribution in [-0.2, 0) is 24.3 Å². The molecule has 0 aliphatic heterocycles. The lowest BCUT2D eigenvalue weighted by Crippen LogP contribution is -2.42. The summed E-state index contributed by atoms with van der Waals surface area (Å²) in [6.45, 7) is 4.80. The van der Waals surface area contributed by atoms with Gasteiger partial charge in [0.05, 0.1) is 12.6 Å². The second-order valence-electron chi connectivity index (χ2n) is 5.24. The average molecular weight is 302 g/mol. The van der Waals surface area contributed by atoms with Crippen molar-refractivity contribution in [3.05, 3.63) is 47.7 Å². The van der Waals surface area contributed by atoms with Gasteiger partial charge in [0.2, 0.25) is 17.7 Å². The summed E-state index contributed by atoms with van der Waals surface area (Å²) < 4.78 is 5.47. The maximum absolute atomic E-state index is 12.2. The highest BCUT2D eigenvalue weighted by atomic mass is 16.4. The quantitative estimate of drug-likeness (QED) is 0.844. The molecule has 1 atom stereocenters. The van der Waals surface area contributed by atoms with Crippen LogP contribution in [0.1, 0.15) is 31.2 Å². The summed E-state index contributed by atoms with van der Waals surface area (Å²) in [6.07, 6.45) is 0.712. The van der Waals surface area contributed by atoms with Crippen LogP contribution in [0.4, 0.5) is 0 Å². The largest absolute Gasteiger partial charge is 0.424 e. The molecule has 118 valence electrons. The van der Waals surface area contributed by atoms with Crippen molar-refractivity contribution in [2.75, 3.05) is 7.05 Å². The summed E-state index contributed by atoms with van der Waals surface area (Å²) in [7, 11) is 1.86. The summed E-state index contributed by atoms with van der Waals surface area (Å²) in [4.78, 5) is 14.1. The first kappa shape index (κ1) is 16.2. The number of carbonyl (C=O) groups is 1. The van der Waals surface area contributed by atoms with Crippen LogP contribution in [0.15, 0.2) is 34.7 Å². The van der Waals surface area contributed by atoms with Crippen molar-refractivity contribution >= 4 is 5.91 Å². The number of hydrogen-bond donors (Lipinski definition) is 1. The minimum absolute atomic E-state index is 0.0263. The Hall–Kier alpha value is -2.21. The summed E-state index contributed by atoms with van der Waals surface area (Å²) in [5.74, 6) is 1.12. The highest BCUT2D eigenvalue weighted by Crippen LogP contribution is 2.07. The maximum atomic E-state index is 12.2. The fraction of sp³-hybridized carbons (Fsp3) is 0.438. The number of nitrogens with zero attached hydrogens (tertiary/aromatic N) is 3. The summed E-state index contributed by atoms with van der Waals surface area (Å²) >= 11 is 0. The Morgan fingerprint density at radius 1 is 1.27 bits per heavy atom. The fourth-order valence-corrected chi connectivity index (χ4v) is 1.98. The number of likely N-dealkylation sites (N-methyl/N-ethyl adjacent to an activating group) is 1. The van der Waals surface area contributed by atoms with Gasteiger partial charge in [0.25, 0.3) is 0 Å². The topological polar surface area (TPSA) is 71.3 Å². The molecular formula is C16H22N4O2. The van der Waals surface area contributed by atoms with Crippen molar-refractivity contribution in [3.63, 3.8) is 0 Å². The van der Waals surface area contributed by atoms with Crippen LogP contribution in [-0.4, -0.2) is 34.1 Å². The van der Waals surface area contributed by atoms with Crippen molar-refractivity contribution in [1.29, 1.82) is 0 Å². The van der Waals surface area contributed by atoms with Gasteiger partial charge in [-0.05, 0) is 19.5 Å². The van der Waals surface area contributed by atoms with Gasteiger partial charge in [0.1, 0.15) is 0 Å². The standard InChI is InChI=1S/C16H22N4O2/c1-4-14-18-19-15(22-14)11-20(3)12(2)16(21)17-10-13-8-6-5-7-9-13/h5-9,12H,4,10-11H2,1-3H3,(H,17,21)/t12-/m1/s1. The molecule has 1 aromatic heterocycles. The summed E-state index contributed by atoms with van der Waals surface area (Å²) in [5, 5.41) is 10.8. The van der Waals surface area contributed by atoms with Gasteiger partial charge in [-0.25, -0.2) is 0 Å². The van der Waals surface area contributed by atoms with Crippen LogP contribution in [0.5, 0.6) is 0 Å². The van der Waals surface area contributed by atoms with Gasteiger partial charge >= 0.3 is 0 Å². The molecule has 0 spiro atoms. The molecule has 22 heavy (non-hydrogen) atoms. The van der Waals surface area contributed by atoms with Crippen molar-refractivity contribution in [1.82, 2.24) is 20.4 Å². The number of carbonyl (C=O) groups excluding carboxylic acids is 1. The fourth-order valence-electron chi connectivity index (χ4n) is 1.98. The Labute approximate surface area is 130 Å². The zero-order valence-corrected chi connectivity index (χ0v) is 13.2. The molecule has 1 heterocycles. The first-order valence-corrected chi connectivity index (χ1v) is 7.43. The van der Waals surface area contributed by atoms with Crippen LogP contribution in [0.2, 0.25) is 0 Å². The van der Waals surface area contributed by atoms with E-state index in [-0.39, 0.29) is 11.9 Å². The van der Waals surface area contributed by atoms with E-state index in [0.717, 1.165) is 5.56 Å². The van der Waals surface area contributed by atoms with E-state index in [1.165, 1.54) is 0 Å². The molecular weight excluding hydrogens is 280 g/mol. The zero-order valence-electron chi connectivity index (χ0n) is 13.2. The Bertz CT molecular complexity index is 597. The zero-order chi connectivity index (χ0) is 15.9. The first-order valence-electron chi connectivity index (χ1n) is 7.43. The lowest BCUT2D eigenvalue weighted by atomic mass is 10.2. The average Bonchev–Trinajstić information content (AvgIpc) is 3.00. The SMILES string of the molecule is CCc1nnc(CN(C)[C@H](C)C(=O)NCc2ccccc2)o1. The summed E-state index contributed by atoms with van der Waals surface area (Å²) in [6, 6.07) is 9.56. The van der Waals surface area contributed by atoms with Crippen molar-refractivity contribution in [3.8, 4) is 0 Å². The van der Waals surface area contributed by atoms with Crippen LogP contribution >= 0.6 is 0 Å². The molecule has 1 aromatic carbocycles. The number of nitrogens with one attached hydrogen (secondary N) is 1. The van der Waals surface area contributed by atoms with E-state index in [4.69, 9.17) is 4.42 Å². The predicted molar refractivity (Wildman–Crippen MR) is 82.9 cm³/mol. The molecule has 2 aromatic rings. The number of benzene rings is 1. The lowest BCUT2D eigenvalue weighted by Gasteiger charge is -2.22. The molecule has 0 bridgehead atoms. The highest BCUT2D eigenvalue weighted by molar-refractivity contribution is 5.81. The third-order valence-electron chi connectivity index (χ3n) is 3.55. The van der Waals surface area contributed by atoms with Crippen molar-refractivity contribution < 1.29 is 9.21 Å². The van der Waals surface area contributed by atoms with Crippen LogP contribution < -0.4 is 5.32 Å². The highest BCUT2D eigenvalue weighted by Gasteiger charge is 2.19. The molecule has 2 rings (SSSR count). The minimum atomic E-state index is -0.277. The Morgan fingerprint density at radius 2 is 1.95 bits per heavy atom. The van der Waals surface area contributed by atoms with Gasteiger partial charge in [0, 0.05) is 13.0 Å². The van der Waals surface area contributed by atoms with E-state index in [1.54, 1.807) is 0 Å². The van der Waals surface area contributed by atoms with Gasteiger partial charge in [-0.15, -0.1) is 10.2 Å². The lowest BCUT2D eigenvalue weighted by molar-refractivity contribution is -0.125.